The molecule has 4 rings (SSSR count). The van der Waals surface area contributed by atoms with Crippen molar-refractivity contribution in [3.05, 3.63) is 88.7 Å². The standard InChI is InChI=1S/C30H31NO7/c1-4-22-20(17-31)9-8-12-25(22)38-30(33)29-24(23-10-6-7-11-26(23)37-29)18-36-27-16-21(34-3)14-13-19(27)15-28(32)35-5-2/h6-14,16H,4-5,15,17-18,31H2,1-3H3. The maximum atomic E-state index is 13.4. The monoisotopic (exact) mass is 517 g/mol. The van der Waals surface area contributed by atoms with Crippen molar-refractivity contribution in [3.63, 3.8) is 0 Å². The normalized spacial score (nSPS) is 10.8. The second-order valence-electron chi connectivity index (χ2n) is 8.49. The highest BCUT2D eigenvalue weighted by atomic mass is 16.5. The Bertz CT molecular complexity index is 1440. The number of para-hydroxylation sites is 1. The first-order chi connectivity index (χ1) is 18.5. The lowest BCUT2D eigenvalue weighted by molar-refractivity contribution is -0.142. The predicted octanol–water partition coefficient (Wildman–Crippen LogP) is 5.37. The van der Waals surface area contributed by atoms with Crippen molar-refractivity contribution < 1.29 is 33.0 Å². The van der Waals surface area contributed by atoms with Crippen LogP contribution in [0.25, 0.3) is 11.0 Å². The molecule has 1 heterocycles. The third kappa shape index (κ3) is 5.81. The number of hydrogen-bond acceptors (Lipinski definition) is 8. The lowest BCUT2D eigenvalue weighted by Gasteiger charge is -2.14. The fraction of sp³-hybridized carbons (Fsp3) is 0.267. The van der Waals surface area contributed by atoms with Crippen LogP contribution in [0.1, 0.15) is 46.7 Å². The summed E-state index contributed by atoms with van der Waals surface area (Å²) in [6, 6.07) is 18.0. The minimum atomic E-state index is -0.638. The Labute approximate surface area is 221 Å². The van der Waals surface area contributed by atoms with E-state index >= 15 is 0 Å². The molecule has 1 aromatic heterocycles. The van der Waals surface area contributed by atoms with E-state index in [1.807, 2.05) is 31.2 Å². The number of hydrogen-bond donors (Lipinski definition) is 1. The molecule has 0 bridgehead atoms. The van der Waals surface area contributed by atoms with Gasteiger partial charge in [0.15, 0.2) is 0 Å². The molecule has 0 spiro atoms. The summed E-state index contributed by atoms with van der Waals surface area (Å²) in [4.78, 5) is 25.5. The van der Waals surface area contributed by atoms with Crippen molar-refractivity contribution in [1.29, 1.82) is 0 Å². The molecule has 0 unspecified atom stereocenters. The van der Waals surface area contributed by atoms with Crippen molar-refractivity contribution in [3.8, 4) is 17.2 Å². The van der Waals surface area contributed by atoms with Gasteiger partial charge in [0.25, 0.3) is 0 Å². The van der Waals surface area contributed by atoms with Gasteiger partial charge in [0.05, 0.1) is 25.7 Å². The summed E-state index contributed by atoms with van der Waals surface area (Å²) in [6.45, 7) is 4.35. The van der Waals surface area contributed by atoms with Gasteiger partial charge in [-0.05, 0) is 42.7 Å². The zero-order chi connectivity index (χ0) is 27.1. The molecule has 0 aliphatic heterocycles. The van der Waals surface area contributed by atoms with E-state index in [1.54, 1.807) is 50.4 Å². The SMILES string of the molecule is CCOC(=O)Cc1ccc(OC)cc1OCc1c(C(=O)Oc2cccc(CN)c2CC)oc2ccccc12. The van der Waals surface area contributed by atoms with Gasteiger partial charge >= 0.3 is 11.9 Å². The molecule has 0 amide bonds. The molecule has 8 heteroatoms. The Morgan fingerprint density at radius 3 is 2.47 bits per heavy atom. The van der Waals surface area contributed by atoms with Crippen molar-refractivity contribution in [1.82, 2.24) is 0 Å². The van der Waals surface area contributed by atoms with E-state index < -0.39 is 5.97 Å². The molecule has 2 N–H and O–H groups in total. The van der Waals surface area contributed by atoms with E-state index in [1.165, 1.54) is 0 Å². The van der Waals surface area contributed by atoms with Gasteiger partial charge in [-0.25, -0.2) is 4.79 Å². The smallest absolute Gasteiger partial charge is 0.380 e. The highest BCUT2D eigenvalue weighted by Crippen LogP contribution is 2.32. The van der Waals surface area contributed by atoms with Crippen LogP contribution in [0, 0.1) is 0 Å². The molecule has 0 aliphatic carbocycles. The van der Waals surface area contributed by atoms with Gasteiger partial charge in [0, 0.05) is 23.6 Å². The minimum Gasteiger partial charge on any atom is -0.497 e. The number of esters is 2. The Morgan fingerprint density at radius 1 is 0.921 bits per heavy atom. The molecule has 38 heavy (non-hydrogen) atoms. The van der Waals surface area contributed by atoms with Gasteiger partial charge in [0.1, 0.15) is 29.4 Å². The summed E-state index contributed by atoms with van der Waals surface area (Å²) in [5.74, 6) is 0.480. The van der Waals surface area contributed by atoms with Crippen LogP contribution in [0.3, 0.4) is 0 Å². The van der Waals surface area contributed by atoms with E-state index in [0.717, 1.165) is 16.5 Å². The second kappa shape index (κ2) is 12.3. The van der Waals surface area contributed by atoms with Crippen LogP contribution in [0.15, 0.2) is 65.1 Å². The quantitative estimate of drug-likeness (QED) is 0.209. The van der Waals surface area contributed by atoms with Gasteiger partial charge in [-0.15, -0.1) is 0 Å². The first-order valence-corrected chi connectivity index (χ1v) is 12.5. The Balaban J connectivity index is 1.66. The van der Waals surface area contributed by atoms with Gasteiger partial charge in [-0.2, -0.15) is 0 Å². The largest absolute Gasteiger partial charge is 0.497 e. The summed E-state index contributed by atoms with van der Waals surface area (Å²) in [5, 5.41) is 0.723. The highest BCUT2D eigenvalue weighted by Gasteiger charge is 2.24. The van der Waals surface area contributed by atoms with Crippen LogP contribution in [-0.2, 0) is 35.5 Å². The average Bonchev–Trinajstić information content (AvgIpc) is 3.31. The summed E-state index contributed by atoms with van der Waals surface area (Å²) >= 11 is 0. The lowest BCUT2D eigenvalue weighted by atomic mass is 10.0. The third-order valence-electron chi connectivity index (χ3n) is 6.18. The molecule has 198 valence electrons. The number of furan rings is 1. The van der Waals surface area contributed by atoms with Gasteiger partial charge < -0.3 is 29.1 Å². The number of carbonyl (C=O) groups is 2. The Morgan fingerprint density at radius 2 is 1.74 bits per heavy atom. The zero-order valence-electron chi connectivity index (χ0n) is 21.7. The fourth-order valence-corrected chi connectivity index (χ4v) is 4.31. The topological polar surface area (TPSA) is 110 Å². The van der Waals surface area contributed by atoms with E-state index in [0.29, 0.717) is 46.9 Å². The number of benzene rings is 3. The summed E-state index contributed by atoms with van der Waals surface area (Å²) in [7, 11) is 1.55. The third-order valence-corrected chi connectivity index (χ3v) is 6.18. The van der Waals surface area contributed by atoms with Crippen LogP contribution in [-0.4, -0.2) is 25.7 Å². The molecule has 0 atom stereocenters. The van der Waals surface area contributed by atoms with Crippen LogP contribution >= 0.6 is 0 Å². The number of nitrogens with two attached hydrogens (primary N) is 1. The fourth-order valence-electron chi connectivity index (χ4n) is 4.31. The first kappa shape index (κ1) is 26.8. The number of ether oxygens (including phenoxy) is 4. The van der Waals surface area contributed by atoms with Crippen molar-refractivity contribution in [2.75, 3.05) is 13.7 Å². The van der Waals surface area contributed by atoms with Crippen molar-refractivity contribution in [2.24, 2.45) is 5.73 Å². The van der Waals surface area contributed by atoms with E-state index in [9.17, 15) is 9.59 Å². The van der Waals surface area contributed by atoms with Crippen LogP contribution in [0.2, 0.25) is 0 Å². The van der Waals surface area contributed by atoms with E-state index in [-0.39, 0.29) is 31.4 Å². The van der Waals surface area contributed by atoms with Crippen LogP contribution in [0.4, 0.5) is 0 Å². The van der Waals surface area contributed by atoms with Crippen LogP contribution in [0.5, 0.6) is 17.2 Å². The first-order valence-electron chi connectivity index (χ1n) is 12.5. The van der Waals surface area contributed by atoms with E-state index in [2.05, 4.69) is 0 Å². The number of methoxy groups -OCH3 is 1. The molecule has 0 aliphatic rings. The van der Waals surface area contributed by atoms with Crippen molar-refractivity contribution >= 4 is 22.9 Å². The number of rotatable bonds is 11. The predicted molar refractivity (Wildman–Crippen MR) is 143 cm³/mol. The molecule has 4 aromatic rings. The van der Waals surface area contributed by atoms with Gasteiger partial charge in [-0.1, -0.05) is 43.3 Å². The zero-order valence-corrected chi connectivity index (χ0v) is 21.7. The summed E-state index contributed by atoms with van der Waals surface area (Å²) in [6.07, 6.45) is 0.691. The van der Waals surface area contributed by atoms with Crippen molar-refractivity contribution in [2.45, 2.75) is 39.8 Å². The maximum absolute atomic E-state index is 13.4. The summed E-state index contributed by atoms with van der Waals surface area (Å²) in [5.41, 5.74) is 9.35. The molecule has 0 radical (unpaired) electrons. The lowest BCUT2D eigenvalue weighted by Crippen LogP contribution is -2.14. The van der Waals surface area contributed by atoms with E-state index in [4.69, 9.17) is 29.1 Å². The molecular formula is C30H31NO7. The minimum absolute atomic E-state index is 0.00604. The molecule has 0 fully saturated rings. The Kier molecular flexibility index (Phi) is 8.66. The number of carbonyl (C=O) groups excluding carboxylic acids is 2. The van der Waals surface area contributed by atoms with Crippen LogP contribution < -0.4 is 19.9 Å². The maximum Gasteiger partial charge on any atom is 0.380 e. The highest BCUT2D eigenvalue weighted by molar-refractivity contribution is 5.97. The molecule has 0 saturated heterocycles. The van der Waals surface area contributed by atoms with Gasteiger partial charge in [0.2, 0.25) is 5.76 Å². The average molecular weight is 518 g/mol. The molecular weight excluding hydrogens is 486 g/mol. The van der Waals surface area contributed by atoms with Gasteiger partial charge in [-0.3, -0.25) is 4.79 Å². The summed E-state index contributed by atoms with van der Waals surface area (Å²) < 4.78 is 28.3. The molecule has 0 saturated carbocycles. The second-order valence-corrected chi connectivity index (χ2v) is 8.49. The Hall–Kier alpha value is -4.30. The molecule has 8 nitrogen and oxygen atoms in total. The number of fused-ring (bicyclic) bond motifs is 1. The molecule has 3 aromatic carbocycles.